The minimum absolute atomic E-state index is 0.0280. The molecule has 4 nitrogen and oxygen atoms in total. The van der Waals surface area contributed by atoms with Gasteiger partial charge in [-0.15, -0.1) is 0 Å². The van der Waals surface area contributed by atoms with Crippen molar-refractivity contribution in [2.75, 3.05) is 6.61 Å². The Morgan fingerprint density at radius 1 is 1.44 bits per heavy atom. The monoisotopic (exact) mass is 223 g/mol. The van der Waals surface area contributed by atoms with Crippen LogP contribution in [0.15, 0.2) is 30.3 Å². The summed E-state index contributed by atoms with van der Waals surface area (Å²) < 4.78 is 5.08. The third-order valence-electron chi connectivity index (χ3n) is 2.40. The molecule has 0 heterocycles. The summed E-state index contributed by atoms with van der Waals surface area (Å²) in [4.78, 5) is 11.5. The van der Waals surface area contributed by atoms with Crippen LogP contribution in [0.1, 0.15) is 13.3 Å². The van der Waals surface area contributed by atoms with Gasteiger partial charge in [-0.25, -0.2) is 0 Å². The number of benzene rings is 1. The molecule has 0 amide bonds. The molecule has 0 aliphatic carbocycles. The number of esters is 1. The second kappa shape index (κ2) is 6.25. The topological polar surface area (TPSA) is 72.5 Å². The van der Waals surface area contributed by atoms with Crippen molar-refractivity contribution < 1.29 is 14.6 Å². The SMILES string of the molecule is CC(CO)[C@@H](N)CC(=O)Oc1ccccc1. The number of aliphatic hydroxyl groups is 1. The molecule has 0 radical (unpaired) electrons. The first kappa shape index (κ1) is 12.7. The summed E-state index contributed by atoms with van der Waals surface area (Å²) in [7, 11) is 0. The van der Waals surface area contributed by atoms with Crippen LogP contribution >= 0.6 is 0 Å². The first-order valence-corrected chi connectivity index (χ1v) is 5.25. The Bertz CT molecular complexity index is 326. The summed E-state index contributed by atoms with van der Waals surface area (Å²) in [6, 6.07) is 8.47. The van der Waals surface area contributed by atoms with Crippen molar-refractivity contribution >= 4 is 5.97 Å². The second-order valence-corrected chi connectivity index (χ2v) is 3.81. The molecule has 0 saturated carbocycles. The molecule has 1 unspecified atom stereocenters. The van der Waals surface area contributed by atoms with Gasteiger partial charge in [-0.05, 0) is 18.1 Å². The third kappa shape index (κ3) is 4.00. The van der Waals surface area contributed by atoms with Gasteiger partial charge in [0.1, 0.15) is 5.75 Å². The van der Waals surface area contributed by atoms with Gasteiger partial charge in [0.2, 0.25) is 0 Å². The fourth-order valence-electron chi connectivity index (χ4n) is 1.19. The lowest BCUT2D eigenvalue weighted by atomic mass is 10.0. The van der Waals surface area contributed by atoms with Crippen LogP contribution in [0, 0.1) is 5.92 Å². The number of carbonyl (C=O) groups is 1. The van der Waals surface area contributed by atoms with E-state index in [0.717, 1.165) is 0 Å². The van der Waals surface area contributed by atoms with E-state index in [1.165, 1.54) is 0 Å². The number of aliphatic hydroxyl groups excluding tert-OH is 1. The lowest BCUT2D eigenvalue weighted by Crippen LogP contribution is -2.34. The second-order valence-electron chi connectivity index (χ2n) is 3.81. The van der Waals surface area contributed by atoms with Gasteiger partial charge in [0, 0.05) is 12.6 Å². The molecule has 0 saturated heterocycles. The Morgan fingerprint density at radius 3 is 2.62 bits per heavy atom. The van der Waals surface area contributed by atoms with Crippen molar-refractivity contribution in [3.8, 4) is 5.75 Å². The van der Waals surface area contributed by atoms with Crippen LogP contribution in [0.4, 0.5) is 0 Å². The highest BCUT2D eigenvalue weighted by atomic mass is 16.5. The summed E-state index contributed by atoms with van der Waals surface area (Å²) in [5, 5.41) is 8.88. The third-order valence-corrected chi connectivity index (χ3v) is 2.40. The Hall–Kier alpha value is -1.39. The maximum atomic E-state index is 11.5. The van der Waals surface area contributed by atoms with Gasteiger partial charge in [-0.1, -0.05) is 25.1 Å². The Morgan fingerprint density at radius 2 is 2.06 bits per heavy atom. The molecule has 0 aromatic heterocycles. The van der Waals surface area contributed by atoms with E-state index in [1.54, 1.807) is 31.2 Å². The fraction of sp³-hybridized carbons (Fsp3) is 0.417. The predicted octanol–water partition coefficient (Wildman–Crippen LogP) is 0.938. The molecule has 0 aliphatic heterocycles. The van der Waals surface area contributed by atoms with Gasteiger partial charge < -0.3 is 15.6 Å². The van der Waals surface area contributed by atoms with Crippen LogP contribution < -0.4 is 10.5 Å². The van der Waals surface area contributed by atoms with Crippen molar-refractivity contribution in [1.82, 2.24) is 0 Å². The Labute approximate surface area is 95.0 Å². The van der Waals surface area contributed by atoms with E-state index in [4.69, 9.17) is 15.6 Å². The van der Waals surface area contributed by atoms with E-state index in [9.17, 15) is 4.79 Å². The van der Waals surface area contributed by atoms with Crippen molar-refractivity contribution in [2.45, 2.75) is 19.4 Å². The summed E-state index contributed by atoms with van der Waals surface area (Å²) in [5.74, 6) is 0.0266. The quantitative estimate of drug-likeness (QED) is 0.575. The van der Waals surface area contributed by atoms with Crippen LogP contribution in [0.25, 0.3) is 0 Å². The van der Waals surface area contributed by atoms with E-state index in [2.05, 4.69) is 0 Å². The molecule has 0 aliphatic rings. The van der Waals surface area contributed by atoms with Crippen molar-refractivity contribution in [2.24, 2.45) is 11.7 Å². The zero-order chi connectivity index (χ0) is 12.0. The summed E-state index contributed by atoms with van der Waals surface area (Å²) >= 11 is 0. The van der Waals surface area contributed by atoms with E-state index < -0.39 is 0 Å². The molecule has 2 atom stereocenters. The van der Waals surface area contributed by atoms with Gasteiger partial charge in [-0.2, -0.15) is 0 Å². The molecule has 16 heavy (non-hydrogen) atoms. The van der Waals surface area contributed by atoms with E-state index >= 15 is 0 Å². The van der Waals surface area contributed by atoms with Crippen LogP contribution in [-0.4, -0.2) is 23.7 Å². The van der Waals surface area contributed by atoms with Crippen molar-refractivity contribution in [1.29, 1.82) is 0 Å². The van der Waals surface area contributed by atoms with Gasteiger partial charge in [-0.3, -0.25) is 4.79 Å². The summed E-state index contributed by atoms with van der Waals surface area (Å²) in [6.07, 6.45) is 0.108. The molecule has 1 aromatic rings. The lowest BCUT2D eigenvalue weighted by molar-refractivity contribution is -0.135. The molecule has 0 bridgehead atoms. The van der Waals surface area contributed by atoms with Crippen molar-refractivity contribution in [3.63, 3.8) is 0 Å². The molecule has 1 rings (SSSR count). The van der Waals surface area contributed by atoms with Crippen LogP contribution in [-0.2, 0) is 4.79 Å². The highest BCUT2D eigenvalue weighted by Crippen LogP contribution is 2.11. The normalized spacial score (nSPS) is 14.2. The Balaban J connectivity index is 2.42. The minimum Gasteiger partial charge on any atom is -0.426 e. The van der Waals surface area contributed by atoms with E-state index in [1.807, 2.05) is 6.07 Å². The molecule has 0 spiro atoms. The van der Waals surface area contributed by atoms with Crippen LogP contribution in [0.5, 0.6) is 5.75 Å². The van der Waals surface area contributed by atoms with E-state index in [0.29, 0.717) is 5.75 Å². The first-order valence-electron chi connectivity index (χ1n) is 5.25. The van der Waals surface area contributed by atoms with Gasteiger partial charge in [0.05, 0.1) is 6.42 Å². The van der Waals surface area contributed by atoms with Crippen LogP contribution in [0.2, 0.25) is 0 Å². The maximum absolute atomic E-state index is 11.5. The molecule has 0 fully saturated rings. The maximum Gasteiger partial charge on any atom is 0.312 e. The molecule has 1 aromatic carbocycles. The lowest BCUT2D eigenvalue weighted by Gasteiger charge is -2.16. The highest BCUT2D eigenvalue weighted by Gasteiger charge is 2.17. The van der Waals surface area contributed by atoms with Crippen LogP contribution in [0.3, 0.4) is 0 Å². The molecule has 88 valence electrons. The van der Waals surface area contributed by atoms with Gasteiger partial charge in [0.15, 0.2) is 0 Å². The first-order chi connectivity index (χ1) is 7.63. The average molecular weight is 223 g/mol. The highest BCUT2D eigenvalue weighted by molar-refractivity contribution is 5.73. The zero-order valence-corrected chi connectivity index (χ0v) is 9.30. The fourth-order valence-corrected chi connectivity index (χ4v) is 1.19. The number of rotatable bonds is 5. The average Bonchev–Trinajstić information content (AvgIpc) is 2.29. The van der Waals surface area contributed by atoms with Gasteiger partial charge >= 0.3 is 5.97 Å². The summed E-state index contributed by atoms with van der Waals surface area (Å²) in [6.45, 7) is 1.76. The van der Waals surface area contributed by atoms with Crippen molar-refractivity contribution in [3.05, 3.63) is 30.3 Å². The van der Waals surface area contributed by atoms with Gasteiger partial charge in [0.25, 0.3) is 0 Å². The zero-order valence-electron chi connectivity index (χ0n) is 9.30. The molecular weight excluding hydrogens is 206 g/mol. The predicted molar refractivity (Wildman–Crippen MR) is 60.9 cm³/mol. The number of ether oxygens (including phenoxy) is 1. The Kier molecular flexibility index (Phi) is 4.95. The number of hydrogen-bond acceptors (Lipinski definition) is 4. The minimum atomic E-state index is -0.376. The molecule has 3 N–H and O–H groups in total. The number of nitrogens with two attached hydrogens (primary N) is 1. The largest absolute Gasteiger partial charge is 0.426 e. The summed E-state index contributed by atoms with van der Waals surface area (Å²) in [5.41, 5.74) is 5.72. The number of carbonyl (C=O) groups excluding carboxylic acids is 1. The standard InChI is InChI=1S/C12H17NO3/c1-9(8-14)11(13)7-12(15)16-10-5-3-2-4-6-10/h2-6,9,11,14H,7-8,13H2,1H3/t9?,11-/m0/s1. The molecular formula is C12H17NO3. The molecule has 4 heteroatoms. The number of hydrogen-bond donors (Lipinski definition) is 2. The van der Waals surface area contributed by atoms with E-state index in [-0.39, 0.29) is 31.0 Å². The number of para-hydroxylation sites is 1. The smallest absolute Gasteiger partial charge is 0.312 e.